The molecule has 9 rings (SSSR count). The number of fused-ring (bicyclic) bond motifs is 7. The molecule has 0 N–H and O–H groups in total. The Kier molecular flexibility index (Phi) is 4.35. The van der Waals surface area contributed by atoms with Crippen LogP contribution in [0.25, 0.3) is 55.8 Å². The maximum Gasteiger partial charge on any atom is 0.220 e. The van der Waals surface area contributed by atoms with Gasteiger partial charge in [-0.25, -0.2) is 9.97 Å². The third-order valence-electron chi connectivity index (χ3n) is 9.83. The van der Waals surface area contributed by atoms with Crippen LogP contribution in [-0.4, -0.2) is 27.0 Å². The number of pyridine rings is 1. The van der Waals surface area contributed by atoms with Crippen LogP contribution < -0.4 is 10.4 Å². The van der Waals surface area contributed by atoms with Crippen molar-refractivity contribution in [2.45, 2.75) is 69.6 Å². The molecule has 0 unspecified atom stereocenters. The molecule has 1 aliphatic heterocycles. The van der Waals surface area contributed by atoms with Crippen LogP contribution in [0.1, 0.15) is 63.6 Å². The quantitative estimate of drug-likeness (QED) is 0.171. The molecule has 0 spiro atoms. The highest BCUT2D eigenvalue weighted by molar-refractivity contribution is 8.00. The molecule has 0 aliphatic carbocycles. The molecule has 0 fully saturated rings. The normalized spacial score (nSPS) is 19.5. The molecule has 0 radical (unpaired) electrons. The SMILES string of the molecule is [2H]C([2H])([2H])c1ccc(-c2c(C(C)(C)C)ccc3c2Sc2ncccc2[Si]3(C([2H])([2H])[2H])C([2H])([2H])[2H])cc1-c1cc(-n2c3ccccc3n3c4cccc(C([2H])([2H])[2H])c4nc23)ccc1C([2H])([2H])[2H]. The first kappa shape index (κ1) is 19.6. The van der Waals surface area contributed by atoms with Crippen molar-refractivity contribution in [1.82, 2.24) is 18.9 Å². The second-order valence-corrected chi connectivity index (χ2v) is 17.6. The van der Waals surface area contributed by atoms with Gasteiger partial charge in [-0.1, -0.05) is 106 Å². The first-order valence-corrected chi connectivity index (χ1v) is 19.4. The Morgan fingerprint density at radius 1 is 0.706 bits per heavy atom. The maximum absolute atomic E-state index is 8.97. The smallest absolute Gasteiger partial charge is 0.220 e. The summed E-state index contributed by atoms with van der Waals surface area (Å²) in [5, 5.41) is 0.622. The summed E-state index contributed by atoms with van der Waals surface area (Å²) in [5.41, 5.74) is 3.48. The van der Waals surface area contributed by atoms with Crippen LogP contribution in [0.5, 0.6) is 0 Å². The van der Waals surface area contributed by atoms with Crippen LogP contribution in [0.15, 0.2) is 119 Å². The molecule has 252 valence electrons. The van der Waals surface area contributed by atoms with Gasteiger partial charge in [0.05, 0.1) is 22.1 Å². The molecular weight excluding hydrogens is 657 g/mol. The van der Waals surface area contributed by atoms with Crippen molar-refractivity contribution in [3.05, 3.63) is 132 Å². The van der Waals surface area contributed by atoms with Gasteiger partial charge in [0.25, 0.3) is 0 Å². The van der Waals surface area contributed by atoms with E-state index in [1.807, 2.05) is 49.4 Å². The van der Waals surface area contributed by atoms with E-state index in [1.54, 1.807) is 65.2 Å². The highest BCUT2D eigenvalue weighted by Crippen LogP contribution is 2.45. The molecule has 4 nitrogen and oxygen atoms in total. The van der Waals surface area contributed by atoms with Gasteiger partial charge in [0, 0.05) is 37.3 Å². The minimum Gasteiger partial charge on any atom is -0.278 e. The first-order valence-electron chi connectivity index (χ1n) is 24.1. The fraction of sp³-hybridized carbons (Fsp3) is 0.200. The Bertz CT molecular complexity index is 3260. The summed E-state index contributed by atoms with van der Waals surface area (Å²) in [5.74, 6) is 0.341. The van der Waals surface area contributed by atoms with Crippen molar-refractivity contribution in [2.24, 2.45) is 0 Å². The summed E-state index contributed by atoms with van der Waals surface area (Å²) in [6, 6.07) is 28.1. The third kappa shape index (κ3) is 4.80. The molecule has 0 atom stereocenters. The molecule has 0 saturated carbocycles. The molecular formula is C45H42N4SSi. The highest BCUT2D eigenvalue weighted by Gasteiger charge is 2.38. The van der Waals surface area contributed by atoms with E-state index in [-0.39, 0.29) is 48.7 Å². The van der Waals surface area contributed by atoms with Gasteiger partial charge in [0.2, 0.25) is 5.78 Å². The number of para-hydroxylation sites is 3. The van der Waals surface area contributed by atoms with Gasteiger partial charge >= 0.3 is 0 Å². The number of rotatable bonds is 3. The first-order chi connectivity index (χ1) is 30.6. The Morgan fingerprint density at radius 2 is 1.47 bits per heavy atom. The predicted molar refractivity (Wildman–Crippen MR) is 218 cm³/mol. The van der Waals surface area contributed by atoms with Crippen LogP contribution in [0.2, 0.25) is 13.0 Å². The zero-order valence-corrected chi connectivity index (χ0v) is 29.9. The minimum atomic E-state index is -4.73. The number of nitrogens with zero attached hydrogens (tertiary/aromatic N) is 4. The van der Waals surface area contributed by atoms with E-state index in [2.05, 4.69) is 4.98 Å². The van der Waals surface area contributed by atoms with Crippen molar-refractivity contribution < 1.29 is 20.6 Å². The second kappa shape index (κ2) is 11.3. The van der Waals surface area contributed by atoms with Crippen LogP contribution in [0.3, 0.4) is 0 Å². The monoisotopic (exact) mass is 713 g/mol. The molecule has 0 amide bonds. The zero-order valence-electron chi connectivity index (χ0n) is 43.1. The van der Waals surface area contributed by atoms with Gasteiger partial charge < -0.3 is 0 Å². The van der Waals surface area contributed by atoms with Crippen molar-refractivity contribution in [3.8, 4) is 27.9 Å². The van der Waals surface area contributed by atoms with Crippen molar-refractivity contribution >= 4 is 58.1 Å². The average molecular weight is 714 g/mol. The average Bonchev–Trinajstić information content (AvgIpc) is 3.74. The number of benzene rings is 5. The molecule has 4 heterocycles. The van der Waals surface area contributed by atoms with Gasteiger partial charge in [-0.2, -0.15) is 0 Å². The third-order valence-corrected chi connectivity index (χ3v) is 13.8. The lowest BCUT2D eigenvalue weighted by atomic mass is 9.81. The number of aryl methyl sites for hydroxylation is 3. The highest BCUT2D eigenvalue weighted by atomic mass is 32.2. The lowest BCUT2D eigenvalue weighted by molar-refractivity contribution is 0.591. The fourth-order valence-electron chi connectivity index (χ4n) is 7.39. The van der Waals surface area contributed by atoms with E-state index >= 15 is 0 Å². The molecule has 8 aromatic rings. The van der Waals surface area contributed by atoms with Gasteiger partial charge in [-0.05, 0) is 123 Å². The second-order valence-electron chi connectivity index (χ2n) is 14.1. The standard InChI is InChI=1S/C45H42N4SSi/c1-27-18-20-30(40-34(45(4,5)6)22-23-38-42(40)50-43-39(51(38,7)8)17-12-24-46-43)25-32(27)33-26-31(21-19-28(33)2)48-35-14-9-10-15-36(35)49-37-16-11-13-29(3)41(37)47-44(48)49/h9-26H,1-8H3/i1D3,2D3,3D3,7D3,8D3. The molecule has 3 aromatic heterocycles. The van der Waals surface area contributed by atoms with E-state index in [9.17, 15) is 0 Å². The van der Waals surface area contributed by atoms with Crippen molar-refractivity contribution in [3.63, 3.8) is 0 Å². The number of hydrogen-bond acceptors (Lipinski definition) is 3. The fourth-order valence-corrected chi connectivity index (χ4v) is 11.4. The maximum atomic E-state index is 8.97. The van der Waals surface area contributed by atoms with Crippen LogP contribution >= 0.6 is 11.8 Å². The van der Waals surface area contributed by atoms with E-state index in [4.69, 9.17) is 25.5 Å². The van der Waals surface area contributed by atoms with Gasteiger partial charge in [0.15, 0.2) is 0 Å². The van der Waals surface area contributed by atoms with E-state index in [1.165, 1.54) is 36.2 Å². The molecule has 5 aromatic carbocycles. The van der Waals surface area contributed by atoms with Crippen molar-refractivity contribution in [1.29, 1.82) is 0 Å². The topological polar surface area (TPSA) is 35.1 Å². The number of imidazole rings is 2. The van der Waals surface area contributed by atoms with Gasteiger partial charge in [-0.3, -0.25) is 8.97 Å². The van der Waals surface area contributed by atoms with Gasteiger partial charge in [0.1, 0.15) is 13.1 Å². The minimum absolute atomic E-state index is 0.0599. The van der Waals surface area contributed by atoms with Crippen molar-refractivity contribution in [2.75, 3.05) is 0 Å². The Hall–Kier alpha value is -4.91. The summed E-state index contributed by atoms with van der Waals surface area (Å²) >= 11 is 1.17. The Balaban J connectivity index is 1.38. The number of aromatic nitrogens is 4. The largest absolute Gasteiger partial charge is 0.278 e. The summed E-state index contributed by atoms with van der Waals surface area (Å²) < 4.78 is 135. The predicted octanol–water partition coefficient (Wildman–Crippen LogP) is 10.7. The number of hydrogen-bond donors (Lipinski definition) is 0. The summed E-state index contributed by atoms with van der Waals surface area (Å²) in [6.07, 6.45) is 1.50. The lowest BCUT2D eigenvalue weighted by Gasteiger charge is -2.36. The molecule has 0 bridgehead atoms. The summed E-state index contributed by atoms with van der Waals surface area (Å²) in [4.78, 5) is 9.83. The molecule has 51 heavy (non-hydrogen) atoms. The van der Waals surface area contributed by atoms with Crippen LogP contribution in [0, 0.1) is 20.6 Å². The molecule has 1 aliphatic rings. The molecule has 0 saturated heterocycles. The Labute approximate surface area is 326 Å². The van der Waals surface area contributed by atoms with E-state index in [0.717, 1.165) is 0 Å². The van der Waals surface area contributed by atoms with Gasteiger partial charge in [-0.15, -0.1) is 0 Å². The van der Waals surface area contributed by atoms with E-state index < -0.39 is 47.0 Å². The summed E-state index contributed by atoms with van der Waals surface area (Å²) in [7, 11) is -4.73. The lowest BCUT2D eigenvalue weighted by Crippen LogP contribution is -2.56. The van der Waals surface area contributed by atoms with Crippen LogP contribution in [-0.2, 0) is 5.41 Å². The van der Waals surface area contributed by atoms with E-state index in [0.29, 0.717) is 49.6 Å². The molecule has 6 heteroatoms. The zero-order chi connectivity index (χ0) is 47.9. The summed E-state index contributed by atoms with van der Waals surface area (Å²) in [6.45, 7) is -8.01. The van der Waals surface area contributed by atoms with Crippen LogP contribution in [0.4, 0.5) is 0 Å². The Morgan fingerprint density at radius 3 is 2.25 bits per heavy atom.